The van der Waals surface area contributed by atoms with Crippen LogP contribution in [0.5, 0.6) is 11.5 Å². The molecule has 1 aromatic carbocycles. The van der Waals surface area contributed by atoms with Crippen LogP contribution in [0.2, 0.25) is 0 Å². The highest BCUT2D eigenvalue weighted by atomic mass is 127. The van der Waals surface area contributed by atoms with Crippen LogP contribution in [-0.2, 0) is 0 Å². The Morgan fingerprint density at radius 3 is 1.90 bits per heavy atom. The molecule has 0 amide bonds. The predicted molar refractivity (Wildman–Crippen MR) is 51.1 cm³/mol. The van der Waals surface area contributed by atoms with E-state index in [1.807, 2.05) is 24.3 Å². The van der Waals surface area contributed by atoms with E-state index in [2.05, 4.69) is 29.5 Å². The Balaban J connectivity index is 0.000000148. The van der Waals surface area contributed by atoms with Crippen LogP contribution in [0.15, 0.2) is 24.3 Å². The summed E-state index contributed by atoms with van der Waals surface area (Å²) in [5.41, 5.74) is 0. The highest BCUT2D eigenvalue weighted by Crippen LogP contribution is 2.32. The quantitative estimate of drug-likeness (QED) is 0.513. The molecule has 2 heteroatoms. The van der Waals surface area contributed by atoms with Gasteiger partial charge in [-0.1, -0.05) is 35.6 Å². The molecule has 0 N–H and O–H groups in total. The summed E-state index contributed by atoms with van der Waals surface area (Å²) in [7, 11) is 0. The molecule has 0 saturated carbocycles. The van der Waals surface area contributed by atoms with Gasteiger partial charge in [0.25, 0.3) is 0 Å². The Morgan fingerprint density at radius 1 is 1.40 bits per heavy atom. The number of alkyl halides is 1. The van der Waals surface area contributed by atoms with Gasteiger partial charge >= 0.3 is 0 Å². The number of halogens is 1. The molecule has 0 fully saturated rings. The first kappa shape index (κ1) is 7.85. The Labute approximate surface area is 74.5 Å². The predicted octanol–water partition coefficient (Wildman–Crippen LogP) is 3.23. The molecule has 1 nitrogen and oxygen atoms in total. The van der Waals surface area contributed by atoms with E-state index >= 15 is 0 Å². The van der Waals surface area contributed by atoms with Crippen molar-refractivity contribution < 1.29 is 4.74 Å². The fraction of sp³-hybridized carbons (Fsp3) is 0.250. The van der Waals surface area contributed by atoms with Gasteiger partial charge in [-0.2, -0.15) is 0 Å². The average molecular weight is 248 g/mol. The second-order valence-corrected chi connectivity index (χ2v) is 3.37. The van der Waals surface area contributed by atoms with Gasteiger partial charge in [-0.3, -0.25) is 0 Å². The first-order chi connectivity index (χ1) is 4.86. The standard InChI is InChI=1S/C6H4O.C2H5I/c1-2-5-4-6(3-1)7-5;1-2-3/h1-4H;2H2,1H3. The lowest BCUT2D eigenvalue weighted by Crippen LogP contribution is -1.91. The summed E-state index contributed by atoms with van der Waals surface area (Å²) in [6, 6.07) is 7.86. The first-order valence-electron chi connectivity index (χ1n) is 3.20. The molecular formula is C8H9IO. The summed E-state index contributed by atoms with van der Waals surface area (Å²) < 4.78 is 6.23. The van der Waals surface area contributed by atoms with E-state index < -0.39 is 0 Å². The maximum atomic E-state index is 5.01. The van der Waals surface area contributed by atoms with Crippen LogP contribution in [0.1, 0.15) is 6.92 Å². The van der Waals surface area contributed by atoms with Gasteiger partial charge in [0.1, 0.15) is 11.5 Å². The summed E-state index contributed by atoms with van der Waals surface area (Å²) in [5.74, 6) is 1.97. The summed E-state index contributed by atoms with van der Waals surface area (Å²) in [6.07, 6.45) is 0. The van der Waals surface area contributed by atoms with Gasteiger partial charge in [0.2, 0.25) is 0 Å². The molecule has 10 heavy (non-hydrogen) atoms. The van der Waals surface area contributed by atoms with E-state index in [4.69, 9.17) is 4.74 Å². The van der Waals surface area contributed by atoms with Crippen molar-refractivity contribution in [2.45, 2.75) is 6.92 Å². The third kappa shape index (κ3) is 1.87. The fourth-order valence-electron chi connectivity index (χ4n) is 0.679. The molecule has 1 aromatic rings. The lowest BCUT2D eigenvalue weighted by molar-refractivity contribution is 0.438. The van der Waals surface area contributed by atoms with Crippen LogP contribution in [0.25, 0.3) is 0 Å². The molecule has 0 spiro atoms. The van der Waals surface area contributed by atoms with Crippen LogP contribution in [0.3, 0.4) is 0 Å². The van der Waals surface area contributed by atoms with Crippen molar-refractivity contribution in [3.8, 4) is 11.5 Å². The molecule has 0 aliphatic carbocycles. The van der Waals surface area contributed by atoms with E-state index in [0.717, 1.165) is 11.5 Å². The molecule has 2 aliphatic heterocycles. The van der Waals surface area contributed by atoms with Crippen LogP contribution in [0.4, 0.5) is 0 Å². The van der Waals surface area contributed by atoms with Crippen LogP contribution < -0.4 is 4.74 Å². The maximum Gasteiger partial charge on any atom is 0.131 e. The van der Waals surface area contributed by atoms with Crippen LogP contribution in [-0.4, -0.2) is 4.43 Å². The lowest BCUT2D eigenvalue weighted by Gasteiger charge is -2.13. The fourth-order valence-corrected chi connectivity index (χ4v) is 0.679. The normalized spacial score (nSPS) is 10.2. The lowest BCUT2D eigenvalue weighted by atomic mass is 10.2. The first-order valence-corrected chi connectivity index (χ1v) is 4.73. The zero-order chi connectivity index (χ0) is 7.40. The minimum atomic E-state index is 0.984. The topological polar surface area (TPSA) is 9.23 Å². The molecule has 3 rings (SSSR count). The summed E-state index contributed by atoms with van der Waals surface area (Å²) in [4.78, 5) is 0. The summed E-state index contributed by atoms with van der Waals surface area (Å²) >= 11 is 2.29. The monoisotopic (exact) mass is 248 g/mol. The zero-order valence-electron chi connectivity index (χ0n) is 5.80. The summed E-state index contributed by atoms with van der Waals surface area (Å²) in [6.45, 7) is 2.11. The second-order valence-electron chi connectivity index (χ2n) is 1.84. The van der Waals surface area contributed by atoms with Gasteiger partial charge in [0.05, 0.1) is 0 Å². The number of hydrogen-bond donors (Lipinski definition) is 0. The van der Waals surface area contributed by atoms with Gasteiger partial charge < -0.3 is 4.74 Å². The molecular weight excluding hydrogens is 239 g/mol. The highest BCUT2D eigenvalue weighted by Gasteiger charge is 2.05. The molecule has 2 heterocycles. The highest BCUT2D eigenvalue weighted by molar-refractivity contribution is 14.1. The van der Waals surface area contributed by atoms with Crippen molar-refractivity contribution in [3.63, 3.8) is 0 Å². The van der Waals surface area contributed by atoms with Crippen molar-refractivity contribution in [1.82, 2.24) is 0 Å². The zero-order valence-corrected chi connectivity index (χ0v) is 7.96. The van der Waals surface area contributed by atoms with E-state index in [1.165, 1.54) is 4.43 Å². The van der Waals surface area contributed by atoms with E-state index in [9.17, 15) is 0 Å². The largest absolute Gasteiger partial charge is 0.457 e. The number of rotatable bonds is 0. The van der Waals surface area contributed by atoms with Crippen molar-refractivity contribution in [3.05, 3.63) is 24.3 Å². The van der Waals surface area contributed by atoms with E-state index in [0.29, 0.717) is 0 Å². The molecule has 0 atom stereocenters. The number of benzene rings is 1. The Morgan fingerprint density at radius 2 is 1.80 bits per heavy atom. The van der Waals surface area contributed by atoms with Crippen molar-refractivity contribution in [2.24, 2.45) is 0 Å². The summed E-state index contributed by atoms with van der Waals surface area (Å²) in [5, 5.41) is 0. The molecule has 0 radical (unpaired) electrons. The molecule has 54 valence electrons. The van der Waals surface area contributed by atoms with Gasteiger partial charge in [0, 0.05) is 6.07 Å². The minimum absolute atomic E-state index is 0.984. The van der Waals surface area contributed by atoms with Crippen molar-refractivity contribution in [2.75, 3.05) is 4.43 Å². The Bertz CT molecular complexity index is 185. The number of hydrogen-bond acceptors (Lipinski definition) is 1. The molecule has 0 aromatic heterocycles. The Kier molecular flexibility index (Phi) is 2.99. The number of fused-ring (bicyclic) bond motifs is 2. The van der Waals surface area contributed by atoms with Gasteiger partial charge in [-0.05, 0) is 16.6 Å². The molecule has 2 aliphatic rings. The third-order valence-electron chi connectivity index (χ3n) is 1.04. The third-order valence-corrected chi connectivity index (χ3v) is 1.04. The average Bonchev–Trinajstić information content (AvgIpc) is 1.90. The van der Waals surface area contributed by atoms with Crippen LogP contribution >= 0.6 is 22.6 Å². The van der Waals surface area contributed by atoms with Gasteiger partial charge in [0.15, 0.2) is 0 Å². The van der Waals surface area contributed by atoms with Gasteiger partial charge in [-0.25, -0.2) is 0 Å². The van der Waals surface area contributed by atoms with E-state index in [1.54, 1.807) is 0 Å². The maximum absolute atomic E-state index is 5.01. The van der Waals surface area contributed by atoms with E-state index in [-0.39, 0.29) is 0 Å². The van der Waals surface area contributed by atoms with Crippen molar-refractivity contribution >= 4 is 22.6 Å². The second kappa shape index (κ2) is 3.81. The molecule has 0 saturated heterocycles. The molecule has 0 unspecified atom stereocenters. The molecule has 2 bridgehead atoms. The smallest absolute Gasteiger partial charge is 0.131 e. The van der Waals surface area contributed by atoms with Gasteiger partial charge in [-0.15, -0.1) is 0 Å². The Hall–Kier alpha value is -0.250. The van der Waals surface area contributed by atoms with Crippen molar-refractivity contribution in [1.29, 1.82) is 0 Å². The number of ether oxygens (including phenoxy) is 1. The van der Waals surface area contributed by atoms with Crippen LogP contribution in [0, 0.1) is 0 Å². The SMILES string of the molecule is CCI.c1cc2cc(c1)O2. The minimum Gasteiger partial charge on any atom is -0.457 e.